The molecule has 0 spiro atoms. The van der Waals surface area contributed by atoms with Crippen LogP contribution in [0.4, 0.5) is 13.2 Å². The molecular weight excluding hydrogens is 349 g/mol. The van der Waals surface area contributed by atoms with E-state index in [1.807, 2.05) is 5.32 Å². The van der Waals surface area contributed by atoms with Gasteiger partial charge in [-0.05, 0) is 18.2 Å². The molecule has 0 radical (unpaired) electrons. The first-order chi connectivity index (χ1) is 12.3. The molecule has 26 heavy (non-hydrogen) atoms. The summed E-state index contributed by atoms with van der Waals surface area (Å²) in [6, 6.07) is 6.74. The number of amides is 1. The number of hydrogen-bond acceptors (Lipinski definition) is 4. The van der Waals surface area contributed by atoms with E-state index in [2.05, 4.69) is 9.97 Å². The highest BCUT2D eigenvalue weighted by molar-refractivity contribution is 5.94. The first kappa shape index (κ1) is 17.6. The van der Waals surface area contributed by atoms with Gasteiger partial charge < -0.3 is 9.88 Å². The Labute approximate surface area is 145 Å². The van der Waals surface area contributed by atoms with Crippen molar-refractivity contribution in [2.45, 2.75) is 12.2 Å². The second kappa shape index (κ2) is 6.58. The molecule has 2 heterocycles. The van der Waals surface area contributed by atoms with Crippen molar-refractivity contribution in [1.29, 1.82) is 0 Å². The fourth-order valence-electron chi connectivity index (χ4n) is 2.53. The zero-order chi connectivity index (χ0) is 18.9. The number of alkyl halides is 3. The molecule has 1 unspecified atom stereocenters. The quantitative estimate of drug-likeness (QED) is 0.776. The summed E-state index contributed by atoms with van der Waals surface area (Å²) in [6.45, 7) is 0. The summed E-state index contributed by atoms with van der Waals surface area (Å²) < 4.78 is 41.3. The highest BCUT2D eigenvalue weighted by atomic mass is 19.4. The van der Waals surface area contributed by atoms with Crippen LogP contribution in [-0.2, 0) is 7.05 Å². The van der Waals surface area contributed by atoms with Crippen molar-refractivity contribution in [3.8, 4) is 0 Å². The zero-order valence-electron chi connectivity index (χ0n) is 13.5. The predicted molar refractivity (Wildman–Crippen MR) is 87.5 cm³/mol. The number of aromatic nitrogens is 3. The highest BCUT2D eigenvalue weighted by Crippen LogP contribution is 2.32. The van der Waals surface area contributed by atoms with E-state index in [1.54, 1.807) is 24.3 Å². The van der Waals surface area contributed by atoms with Gasteiger partial charge in [-0.2, -0.15) is 13.2 Å². The number of hydrogen-bond donors (Lipinski definition) is 1. The summed E-state index contributed by atoms with van der Waals surface area (Å²) in [5.41, 5.74) is -0.845. The van der Waals surface area contributed by atoms with E-state index in [0.29, 0.717) is 11.0 Å². The second-order valence-corrected chi connectivity index (χ2v) is 5.55. The Morgan fingerprint density at radius 3 is 2.58 bits per heavy atom. The van der Waals surface area contributed by atoms with Crippen LogP contribution in [0.1, 0.15) is 22.1 Å². The smallest absolute Gasteiger partial charge is 0.335 e. The van der Waals surface area contributed by atoms with E-state index in [-0.39, 0.29) is 5.56 Å². The average Bonchev–Trinajstić information content (AvgIpc) is 2.62. The second-order valence-electron chi connectivity index (χ2n) is 5.55. The van der Waals surface area contributed by atoms with Crippen molar-refractivity contribution >= 4 is 16.9 Å². The van der Waals surface area contributed by atoms with Gasteiger partial charge in [0.2, 0.25) is 0 Å². The lowest BCUT2D eigenvalue weighted by Gasteiger charge is -2.21. The number of carbonyl (C=O) groups excluding carboxylic acids is 1. The van der Waals surface area contributed by atoms with E-state index in [9.17, 15) is 22.8 Å². The lowest BCUT2D eigenvalue weighted by Crippen LogP contribution is -2.41. The van der Waals surface area contributed by atoms with Crippen LogP contribution >= 0.6 is 0 Å². The van der Waals surface area contributed by atoms with Crippen LogP contribution < -0.4 is 10.9 Å². The number of pyridine rings is 1. The Bertz CT molecular complexity index is 1020. The number of para-hydroxylation sites is 2. The maximum Gasteiger partial charge on any atom is 0.412 e. The molecular formula is C17H13F3N4O2. The number of nitrogens with one attached hydrogen (secondary N) is 1. The van der Waals surface area contributed by atoms with Gasteiger partial charge in [0.1, 0.15) is 0 Å². The molecule has 0 saturated heterocycles. The van der Waals surface area contributed by atoms with Gasteiger partial charge >= 0.3 is 6.18 Å². The Morgan fingerprint density at radius 2 is 1.92 bits per heavy atom. The summed E-state index contributed by atoms with van der Waals surface area (Å²) in [5.74, 6) is -1.21. The molecule has 1 N–H and O–H groups in total. The molecule has 0 bridgehead atoms. The standard InChI is InChI=1S/C17H13F3N4O2/c1-24-12-7-3-2-6-11(12)22-13(16(24)26)15(25)23-14(17(18,19)20)10-5-4-8-21-9-10/h2-9,14H,1H3,(H,23,25). The lowest BCUT2D eigenvalue weighted by molar-refractivity contribution is -0.155. The minimum absolute atomic E-state index is 0.244. The number of nitrogens with zero attached hydrogens (tertiary/aromatic N) is 3. The van der Waals surface area contributed by atoms with Gasteiger partial charge in [0, 0.05) is 25.0 Å². The summed E-state index contributed by atoms with van der Waals surface area (Å²) in [6.07, 6.45) is -2.44. The highest BCUT2D eigenvalue weighted by Gasteiger charge is 2.42. The van der Waals surface area contributed by atoms with Crippen LogP contribution in [0, 0.1) is 0 Å². The van der Waals surface area contributed by atoms with Crippen LogP contribution in [0.25, 0.3) is 11.0 Å². The van der Waals surface area contributed by atoms with Gasteiger partial charge in [-0.3, -0.25) is 14.6 Å². The summed E-state index contributed by atoms with van der Waals surface area (Å²) in [4.78, 5) is 32.3. The number of rotatable bonds is 3. The van der Waals surface area contributed by atoms with E-state index in [4.69, 9.17) is 0 Å². The summed E-state index contributed by atoms with van der Waals surface area (Å²) >= 11 is 0. The molecule has 0 fully saturated rings. The SMILES string of the molecule is Cn1c(=O)c(C(=O)NC(c2cccnc2)C(F)(F)F)nc2ccccc21. The summed E-state index contributed by atoms with van der Waals surface area (Å²) in [7, 11) is 1.42. The molecule has 2 aromatic heterocycles. The van der Waals surface area contributed by atoms with Crippen molar-refractivity contribution < 1.29 is 18.0 Å². The van der Waals surface area contributed by atoms with Gasteiger partial charge in [-0.15, -0.1) is 0 Å². The van der Waals surface area contributed by atoms with Crippen LogP contribution in [-0.4, -0.2) is 26.6 Å². The number of carbonyl (C=O) groups is 1. The maximum absolute atomic E-state index is 13.4. The molecule has 0 aliphatic rings. The van der Waals surface area contributed by atoms with Gasteiger partial charge in [-0.1, -0.05) is 18.2 Å². The summed E-state index contributed by atoms with van der Waals surface area (Å²) in [5, 5.41) is 1.84. The van der Waals surface area contributed by atoms with Gasteiger partial charge in [0.05, 0.1) is 11.0 Å². The van der Waals surface area contributed by atoms with Gasteiger partial charge in [0.15, 0.2) is 11.7 Å². The molecule has 1 aromatic carbocycles. The Kier molecular flexibility index (Phi) is 4.45. The molecule has 0 aliphatic carbocycles. The maximum atomic E-state index is 13.4. The molecule has 3 aromatic rings. The van der Waals surface area contributed by atoms with Crippen molar-refractivity contribution in [3.63, 3.8) is 0 Å². The molecule has 9 heteroatoms. The Morgan fingerprint density at radius 1 is 1.19 bits per heavy atom. The Hall–Kier alpha value is -3.23. The third-order valence-electron chi connectivity index (χ3n) is 3.82. The van der Waals surface area contributed by atoms with E-state index < -0.39 is 29.4 Å². The van der Waals surface area contributed by atoms with Crippen LogP contribution in [0.5, 0.6) is 0 Å². The van der Waals surface area contributed by atoms with Crippen molar-refractivity contribution in [2.75, 3.05) is 0 Å². The molecule has 0 saturated carbocycles. The molecule has 1 amide bonds. The normalized spacial score (nSPS) is 12.8. The Balaban J connectivity index is 2.02. The monoisotopic (exact) mass is 362 g/mol. The number of benzene rings is 1. The molecule has 1 atom stereocenters. The van der Waals surface area contributed by atoms with E-state index in [0.717, 1.165) is 6.20 Å². The van der Waals surface area contributed by atoms with Crippen LogP contribution in [0.15, 0.2) is 53.6 Å². The van der Waals surface area contributed by atoms with Crippen LogP contribution in [0.3, 0.4) is 0 Å². The molecule has 134 valence electrons. The van der Waals surface area contributed by atoms with Crippen molar-refractivity contribution in [2.24, 2.45) is 7.05 Å². The minimum atomic E-state index is -4.76. The minimum Gasteiger partial charge on any atom is -0.335 e. The molecule has 0 aliphatic heterocycles. The topological polar surface area (TPSA) is 76.9 Å². The fraction of sp³-hybridized carbons (Fsp3) is 0.176. The van der Waals surface area contributed by atoms with Crippen molar-refractivity contribution in [1.82, 2.24) is 19.9 Å². The lowest BCUT2D eigenvalue weighted by atomic mass is 10.1. The third kappa shape index (κ3) is 3.28. The van der Waals surface area contributed by atoms with Crippen LogP contribution in [0.2, 0.25) is 0 Å². The molecule has 6 nitrogen and oxygen atoms in total. The largest absolute Gasteiger partial charge is 0.412 e. The first-order valence-electron chi connectivity index (χ1n) is 7.52. The van der Waals surface area contributed by atoms with E-state index in [1.165, 1.54) is 29.9 Å². The van der Waals surface area contributed by atoms with E-state index >= 15 is 0 Å². The van der Waals surface area contributed by atoms with Gasteiger partial charge in [-0.25, -0.2) is 4.98 Å². The fourth-order valence-corrected chi connectivity index (χ4v) is 2.53. The number of aryl methyl sites for hydroxylation is 1. The number of fused-ring (bicyclic) bond motifs is 1. The van der Waals surface area contributed by atoms with Gasteiger partial charge in [0.25, 0.3) is 11.5 Å². The first-order valence-corrected chi connectivity index (χ1v) is 7.52. The average molecular weight is 362 g/mol. The molecule has 3 rings (SSSR count). The zero-order valence-corrected chi connectivity index (χ0v) is 13.5. The predicted octanol–water partition coefficient (Wildman–Crippen LogP) is 2.36. The number of halogens is 3. The van der Waals surface area contributed by atoms with Crippen molar-refractivity contribution in [3.05, 3.63) is 70.4 Å². The third-order valence-corrected chi connectivity index (χ3v) is 3.82.